The van der Waals surface area contributed by atoms with Crippen LogP contribution in [0.3, 0.4) is 0 Å². The fourth-order valence-electron chi connectivity index (χ4n) is 4.12. The minimum Gasteiger partial charge on any atom is -0.367 e. The molecule has 0 bridgehead atoms. The van der Waals surface area contributed by atoms with E-state index in [1.165, 1.54) is 0 Å². The van der Waals surface area contributed by atoms with Crippen molar-refractivity contribution in [1.29, 1.82) is 0 Å². The van der Waals surface area contributed by atoms with Gasteiger partial charge in [0, 0.05) is 33.8 Å². The van der Waals surface area contributed by atoms with Gasteiger partial charge in [0.05, 0.1) is 0 Å². The fraction of sp³-hybridized carbons (Fsp3) is 0.200. The normalized spacial score (nSPS) is 19.8. The molecule has 0 amide bonds. The molecule has 0 spiro atoms. The molecule has 1 N–H and O–H groups in total. The molecule has 0 radical (unpaired) electrons. The van der Waals surface area contributed by atoms with Gasteiger partial charge in [0.2, 0.25) is 0 Å². The zero-order chi connectivity index (χ0) is 20.8. The Hall–Kier alpha value is -2.10. The molecule has 2 nitrogen and oxygen atoms in total. The minimum absolute atomic E-state index is 0.0337. The smallest absolute Gasteiger partial charge is 0.172 e. The SMILES string of the molecule is C=C(C)c1ccc2c(c1)CN([C@@H](C)c1ccc(Cl)cc1)C2(O)c1ccc(Cl)cc1. The van der Waals surface area contributed by atoms with E-state index in [-0.39, 0.29) is 6.04 Å². The molecule has 0 saturated carbocycles. The van der Waals surface area contributed by atoms with Gasteiger partial charge in [-0.2, -0.15) is 0 Å². The van der Waals surface area contributed by atoms with E-state index in [4.69, 9.17) is 23.2 Å². The third-order valence-electron chi connectivity index (χ3n) is 5.80. The zero-order valence-electron chi connectivity index (χ0n) is 16.5. The van der Waals surface area contributed by atoms with Crippen molar-refractivity contribution in [3.63, 3.8) is 0 Å². The average molecular weight is 424 g/mol. The van der Waals surface area contributed by atoms with Gasteiger partial charge in [-0.15, -0.1) is 0 Å². The van der Waals surface area contributed by atoms with E-state index in [9.17, 15) is 5.11 Å². The highest BCUT2D eigenvalue weighted by Gasteiger charge is 2.47. The third-order valence-corrected chi connectivity index (χ3v) is 6.30. The number of nitrogens with zero attached hydrogens (tertiary/aromatic N) is 1. The molecule has 148 valence electrons. The number of rotatable bonds is 4. The maximum absolute atomic E-state index is 12.1. The lowest BCUT2D eigenvalue weighted by Crippen LogP contribution is -2.43. The number of fused-ring (bicyclic) bond motifs is 1. The topological polar surface area (TPSA) is 23.5 Å². The van der Waals surface area contributed by atoms with Gasteiger partial charge in [0.1, 0.15) is 0 Å². The Labute approximate surface area is 182 Å². The van der Waals surface area contributed by atoms with Gasteiger partial charge in [-0.05, 0) is 60.9 Å². The highest BCUT2D eigenvalue weighted by Crippen LogP contribution is 2.47. The van der Waals surface area contributed by atoms with Gasteiger partial charge in [-0.3, -0.25) is 4.90 Å². The maximum atomic E-state index is 12.1. The van der Waals surface area contributed by atoms with Gasteiger partial charge in [0.25, 0.3) is 0 Å². The summed E-state index contributed by atoms with van der Waals surface area (Å²) >= 11 is 12.2. The standard InChI is InChI=1S/C25H23Cl2NO/c1-16(2)19-6-13-24-20(14-19)15-28(17(3)18-4-9-22(26)10-5-18)25(24,29)21-7-11-23(27)12-8-21/h4-14,17,29H,1,15H2,2-3H3/t17-,25?/m0/s1. The molecule has 1 heterocycles. The van der Waals surface area contributed by atoms with E-state index in [1.807, 2.05) is 67.6 Å². The molecule has 29 heavy (non-hydrogen) atoms. The number of hydrogen-bond donors (Lipinski definition) is 1. The summed E-state index contributed by atoms with van der Waals surface area (Å²) in [6.45, 7) is 8.79. The summed E-state index contributed by atoms with van der Waals surface area (Å²) in [6, 6.07) is 21.4. The third kappa shape index (κ3) is 3.51. The van der Waals surface area contributed by atoms with Crippen LogP contribution in [0.15, 0.2) is 73.3 Å². The summed E-state index contributed by atoms with van der Waals surface area (Å²) in [5.41, 5.74) is 4.72. The Kier molecular flexibility index (Phi) is 5.30. The lowest BCUT2D eigenvalue weighted by Gasteiger charge is -2.39. The largest absolute Gasteiger partial charge is 0.367 e. The van der Waals surface area contributed by atoms with Gasteiger partial charge in [0.15, 0.2) is 5.72 Å². The van der Waals surface area contributed by atoms with Crippen molar-refractivity contribution in [2.24, 2.45) is 0 Å². The Morgan fingerprint density at radius 3 is 2.17 bits per heavy atom. The predicted octanol–water partition coefficient (Wildman–Crippen LogP) is 6.80. The van der Waals surface area contributed by atoms with E-state index >= 15 is 0 Å². The zero-order valence-corrected chi connectivity index (χ0v) is 18.0. The Morgan fingerprint density at radius 2 is 1.59 bits per heavy atom. The van der Waals surface area contributed by atoms with Crippen LogP contribution in [-0.2, 0) is 12.3 Å². The summed E-state index contributed by atoms with van der Waals surface area (Å²) < 4.78 is 0. The number of allylic oxidation sites excluding steroid dienone is 1. The van der Waals surface area contributed by atoms with Crippen LogP contribution in [-0.4, -0.2) is 10.0 Å². The van der Waals surface area contributed by atoms with Crippen LogP contribution in [0.2, 0.25) is 10.0 Å². The number of hydrogen-bond acceptors (Lipinski definition) is 2. The van der Waals surface area contributed by atoms with Gasteiger partial charge in [-0.1, -0.05) is 71.8 Å². The van der Waals surface area contributed by atoms with E-state index in [2.05, 4.69) is 24.5 Å². The molecular formula is C25H23Cl2NO. The van der Waals surface area contributed by atoms with Crippen LogP contribution in [0.4, 0.5) is 0 Å². The lowest BCUT2D eigenvalue weighted by molar-refractivity contribution is -0.0916. The summed E-state index contributed by atoms with van der Waals surface area (Å²) in [5.74, 6) is 0. The highest BCUT2D eigenvalue weighted by atomic mass is 35.5. The molecule has 1 aliphatic rings. The molecule has 0 fully saturated rings. The van der Waals surface area contributed by atoms with E-state index < -0.39 is 5.72 Å². The Morgan fingerprint density at radius 1 is 1.00 bits per heavy atom. The molecule has 4 heteroatoms. The number of halogens is 2. The monoisotopic (exact) mass is 423 g/mol. The number of benzene rings is 3. The molecular weight excluding hydrogens is 401 g/mol. The van der Waals surface area contributed by atoms with Gasteiger partial charge in [-0.25, -0.2) is 0 Å². The molecule has 0 aliphatic carbocycles. The van der Waals surface area contributed by atoms with Gasteiger partial charge >= 0.3 is 0 Å². The fourth-order valence-corrected chi connectivity index (χ4v) is 4.38. The summed E-state index contributed by atoms with van der Waals surface area (Å²) in [4.78, 5) is 2.12. The van der Waals surface area contributed by atoms with Crippen molar-refractivity contribution in [3.05, 3.63) is 111 Å². The lowest BCUT2D eigenvalue weighted by atomic mass is 9.91. The van der Waals surface area contributed by atoms with Crippen molar-refractivity contribution in [2.75, 3.05) is 0 Å². The van der Waals surface area contributed by atoms with Gasteiger partial charge < -0.3 is 5.11 Å². The summed E-state index contributed by atoms with van der Waals surface area (Å²) in [7, 11) is 0. The molecule has 0 saturated heterocycles. The average Bonchev–Trinajstić information content (AvgIpc) is 3.01. The van der Waals surface area contributed by atoms with E-state index in [0.717, 1.165) is 33.4 Å². The molecule has 1 unspecified atom stereocenters. The molecule has 4 rings (SSSR count). The van der Waals surface area contributed by atoms with Crippen LogP contribution < -0.4 is 0 Å². The second-order valence-electron chi connectivity index (χ2n) is 7.69. The maximum Gasteiger partial charge on any atom is 0.172 e. The second-order valence-corrected chi connectivity index (χ2v) is 8.56. The van der Waals surface area contributed by atoms with Crippen molar-refractivity contribution in [3.8, 4) is 0 Å². The molecule has 3 aromatic rings. The van der Waals surface area contributed by atoms with Crippen LogP contribution in [0, 0.1) is 0 Å². The van der Waals surface area contributed by atoms with E-state index in [1.54, 1.807) is 0 Å². The van der Waals surface area contributed by atoms with E-state index in [0.29, 0.717) is 16.6 Å². The minimum atomic E-state index is -1.26. The Balaban J connectivity index is 1.85. The second kappa shape index (κ2) is 7.62. The molecule has 1 aliphatic heterocycles. The Bertz CT molecular complexity index is 1060. The van der Waals surface area contributed by atoms with Crippen LogP contribution in [0.5, 0.6) is 0 Å². The highest BCUT2D eigenvalue weighted by molar-refractivity contribution is 6.30. The summed E-state index contributed by atoms with van der Waals surface area (Å²) in [6.07, 6.45) is 0. The van der Waals surface area contributed by atoms with Crippen LogP contribution in [0.25, 0.3) is 5.57 Å². The number of aliphatic hydroxyl groups is 1. The van der Waals surface area contributed by atoms with Crippen molar-refractivity contribution >= 4 is 28.8 Å². The first-order chi connectivity index (χ1) is 13.8. The molecule has 0 aromatic heterocycles. The molecule has 3 aromatic carbocycles. The first kappa shape index (κ1) is 20.2. The molecule has 2 atom stereocenters. The van der Waals surface area contributed by atoms with Crippen LogP contribution >= 0.6 is 23.2 Å². The first-order valence-electron chi connectivity index (χ1n) is 9.60. The predicted molar refractivity (Wildman–Crippen MR) is 121 cm³/mol. The van der Waals surface area contributed by atoms with Crippen molar-refractivity contribution < 1.29 is 5.11 Å². The van der Waals surface area contributed by atoms with Crippen LogP contribution in [0.1, 0.15) is 47.7 Å². The quantitative estimate of drug-likeness (QED) is 0.498. The summed E-state index contributed by atoms with van der Waals surface area (Å²) in [5, 5.41) is 13.5. The van der Waals surface area contributed by atoms with Crippen molar-refractivity contribution in [1.82, 2.24) is 4.90 Å². The van der Waals surface area contributed by atoms with Crippen molar-refractivity contribution in [2.45, 2.75) is 32.2 Å². The first-order valence-corrected chi connectivity index (χ1v) is 10.4.